The van der Waals surface area contributed by atoms with Crippen LogP contribution < -0.4 is 10.2 Å². The van der Waals surface area contributed by atoms with Crippen LogP contribution in [0.2, 0.25) is 0 Å². The summed E-state index contributed by atoms with van der Waals surface area (Å²) in [7, 11) is 1.60. The molecule has 0 unspecified atom stereocenters. The monoisotopic (exact) mass is 423 g/mol. The number of hydrogen-bond donors (Lipinski definition) is 1. The average Bonchev–Trinajstić information content (AvgIpc) is 3.28. The number of allylic oxidation sites excluding steroid dienone is 1. The quantitative estimate of drug-likeness (QED) is 0.807. The molecule has 0 spiro atoms. The molecule has 1 atom stereocenters. The Balaban J connectivity index is 1.38. The lowest BCUT2D eigenvalue weighted by Crippen LogP contribution is -2.47. The van der Waals surface area contributed by atoms with Gasteiger partial charge in [-0.25, -0.2) is 14.3 Å². The highest BCUT2D eigenvalue weighted by molar-refractivity contribution is 6.00. The zero-order valence-corrected chi connectivity index (χ0v) is 16.1. The topological polar surface area (TPSA) is 97.9 Å². The second kappa shape index (κ2) is 7.26. The zero-order chi connectivity index (χ0) is 21.6. The molecule has 2 aromatic heterocycles. The van der Waals surface area contributed by atoms with Gasteiger partial charge < -0.3 is 5.32 Å². The summed E-state index contributed by atoms with van der Waals surface area (Å²) in [5, 5.41) is 10.8. The van der Waals surface area contributed by atoms with Gasteiger partial charge in [-0.15, -0.1) is 5.10 Å². The highest BCUT2D eigenvalue weighted by Gasteiger charge is 2.48. The number of alkyl halides is 3. The van der Waals surface area contributed by atoms with Gasteiger partial charge >= 0.3 is 6.18 Å². The first-order valence-electron chi connectivity index (χ1n) is 9.43. The summed E-state index contributed by atoms with van der Waals surface area (Å²) < 4.78 is 40.9. The first-order chi connectivity index (χ1) is 14.1. The van der Waals surface area contributed by atoms with Crippen molar-refractivity contribution in [1.82, 2.24) is 29.9 Å². The fourth-order valence-electron chi connectivity index (χ4n) is 3.71. The molecular formula is C18H20F3N7O2. The number of fused-ring (bicyclic) bond motifs is 1. The van der Waals surface area contributed by atoms with Gasteiger partial charge in [0, 0.05) is 31.3 Å². The van der Waals surface area contributed by atoms with Gasteiger partial charge in [-0.3, -0.25) is 14.5 Å². The largest absolute Gasteiger partial charge is 0.391 e. The van der Waals surface area contributed by atoms with Crippen LogP contribution >= 0.6 is 0 Å². The Morgan fingerprint density at radius 2 is 2.07 bits per heavy atom. The van der Waals surface area contributed by atoms with Gasteiger partial charge in [0.05, 0.1) is 12.1 Å². The lowest BCUT2D eigenvalue weighted by molar-refractivity contribution is -0.200. The van der Waals surface area contributed by atoms with E-state index in [-0.39, 0.29) is 30.5 Å². The third-order valence-corrected chi connectivity index (χ3v) is 5.66. The molecule has 2 aromatic rings. The molecule has 12 heteroatoms. The maximum atomic E-state index is 12.7. The van der Waals surface area contributed by atoms with Crippen molar-refractivity contribution in [1.29, 1.82) is 0 Å². The van der Waals surface area contributed by atoms with Gasteiger partial charge in [-0.2, -0.15) is 18.3 Å². The molecule has 4 rings (SSSR count). The average molecular weight is 423 g/mol. The van der Waals surface area contributed by atoms with E-state index >= 15 is 0 Å². The maximum Gasteiger partial charge on any atom is 0.391 e. The molecular weight excluding hydrogens is 403 g/mol. The van der Waals surface area contributed by atoms with Crippen molar-refractivity contribution in [3.05, 3.63) is 31.0 Å². The lowest BCUT2D eigenvalue weighted by atomic mass is 9.73. The van der Waals surface area contributed by atoms with Crippen LogP contribution in [0.4, 0.5) is 19.0 Å². The second-order valence-electron chi connectivity index (χ2n) is 7.54. The number of halogens is 3. The summed E-state index contributed by atoms with van der Waals surface area (Å²) in [6.45, 7) is 4.24. The fraction of sp³-hybridized carbons (Fsp3) is 0.500. The Morgan fingerprint density at radius 3 is 2.77 bits per heavy atom. The van der Waals surface area contributed by atoms with Crippen LogP contribution in [0, 0.1) is 11.8 Å². The highest BCUT2D eigenvalue weighted by atomic mass is 19.4. The Bertz CT molecular complexity index is 990. The molecule has 3 heterocycles. The van der Waals surface area contributed by atoms with E-state index in [1.807, 2.05) is 0 Å². The van der Waals surface area contributed by atoms with E-state index in [1.165, 1.54) is 15.9 Å². The standard InChI is InChI=1S/C18H20F3N7O2/c1-10(11-7-12(8-11)18(19,20)21)28-9-22-15(25-28)16(29)24-13-4-6-27-14(3-5-23-27)26(2)17(13)30/h3,5,9,11-13H,1,4,6-8H2,2H3,(H,24,29)/t11-,12-,13-/m0/s1. The summed E-state index contributed by atoms with van der Waals surface area (Å²) in [5.74, 6) is -2.19. The molecule has 0 saturated heterocycles. The lowest BCUT2D eigenvalue weighted by Gasteiger charge is -2.37. The number of hydrogen-bond acceptors (Lipinski definition) is 5. The smallest absolute Gasteiger partial charge is 0.337 e. The van der Waals surface area contributed by atoms with E-state index in [9.17, 15) is 22.8 Å². The molecule has 160 valence electrons. The molecule has 1 fully saturated rings. The summed E-state index contributed by atoms with van der Waals surface area (Å²) >= 11 is 0. The first-order valence-corrected chi connectivity index (χ1v) is 9.43. The number of aromatic nitrogens is 5. The van der Waals surface area contributed by atoms with Crippen LogP contribution in [0.15, 0.2) is 25.2 Å². The summed E-state index contributed by atoms with van der Waals surface area (Å²) in [4.78, 5) is 30.5. The molecule has 1 aliphatic heterocycles. The van der Waals surface area contributed by atoms with Gasteiger partial charge in [0.2, 0.25) is 5.82 Å². The van der Waals surface area contributed by atoms with Gasteiger partial charge in [0.1, 0.15) is 18.2 Å². The van der Waals surface area contributed by atoms with Gasteiger partial charge in [0.25, 0.3) is 11.8 Å². The van der Waals surface area contributed by atoms with Crippen molar-refractivity contribution in [2.75, 3.05) is 11.9 Å². The fourth-order valence-corrected chi connectivity index (χ4v) is 3.71. The number of likely N-dealkylation sites (N-methyl/N-ethyl adjacent to an activating group) is 1. The van der Waals surface area contributed by atoms with Gasteiger partial charge in [-0.1, -0.05) is 6.58 Å². The molecule has 1 N–H and O–H groups in total. The summed E-state index contributed by atoms with van der Waals surface area (Å²) in [6, 6.07) is 0.930. The highest BCUT2D eigenvalue weighted by Crippen LogP contribution is 2.48. The van der Waals surface area contributed by atoms with E-state index in [2.05, 4.69) is 27.1 Å². The minimum atomic E-state index is -4.21. The molecule has 0 bridgehead atoms. The minimum absolute atomic E-state index is 0.0541. The van der Waals surface area contributed by atoms with Crippen LogP contribution in [0.25, 0.3) is 5.70 Å². The van der Waals surface area contributed by atoms with E-state index in [0.29, 0.717) is 24.5 Å². The Kier molecular flexibility index (Phi) is 4.86. The van der Waals surface area contributed by atoms with Crippen molar-refractivity contribution in [2.45, 2.75) is 38.0 Å². The summed E-state index contributed by atoms with van der Waals surface area (Å²) in [5.41, 5.74) is 0.359. The minimum Gasteiger partial charge on any atom is -0.337 e. The van der Waals surface area contributed by atoms with Crippen LogP contribution in [0.1, 0.15) is 29.9 Å². The van der Waals surface area contributed by atoms with Crippen LogP contribution in [-0.2, 0) is 11.3 Å². The molecule has 1 saturated carbocycles. The molecule has 1 aliphatic carbocycles. The molecule has 2 amide bonds. The SMILES string of the molecule is C=C([C@H]1C[C@H](C(F)(F)F)C1)n1cnc(C(=O)N[C@H]2CCn3nccc3N(C)C2=O)n1. The van der Waals surface area contributed by atoms with Crippen molar-refractivity contribution < 1.29 is 22.8 Å². The Morgan fingerprint density at radius 1 is 1.33 bits per heavy atom. The maximum absolute atomic E-state index is 12.7. The predicted molar refractivity (Wildman–Crippen MR) is 99.1 cm³/mol. The van der Waals surface area contributed by atoms with E-state index in [1.54, 1.807) is 24.0 Å². The number of aryl methyl sites for hydroxylation is 1. The summed E-state index contributed by atoms with van der Waals surface area (Å²) in [6.07, 6.45) is -1.13. The van der Waals surface area contributed by atoms with Gasteiger partial charge in [-0.05, 0) is 19.3 Å². The van der Waals surface area contributed by atoms with Crippen molar-refractivity contribution in [2.24, 2.45) is 11.8 Å². The number of anilines is 1. The Hall–Kier alpha value is -3.18. The van der Waals surface area contributed by atoms with Crippen LogP contribution in [0.5, 0.6) is 0 Å². The van der Waals surface area contributed by atoms with Crippen molar-refractivity contribution >= 4 is 23.3 Å². The van der Waals surface area contributed by atoms with E-state index in [0.717, 1.165) is 0 Å². The van der Waals surface area contributed by atoms with Crippen LogP contribution in [-0.4, -0.2) is 55.6 Å². The van der Waals surface area contributed by atoms with E-state index in [4.69, 9.17) is 0 Å². The number of rotatable bonds is 4. The predicted octanol–water partition coefficient (Wildman–Crippen LogP) is 1.70. The first kappa shape index (κ1) is 20.1. The molecule has 9 nitrogen and oxygen atoms in total. The Labute approximate surface area is 169 Å². The number of carbonyl (C=O) groups excluding carboxylic acids is 2. The molecule has 0 aromatic carbocycles. The molecule has 0 radical (unpaired) electrons. The third-order valence-electron chi connectivity index (χ3n) is 5.66. The molecule has 2 aliphatic rings. The number of carbonyl (C=O) groups is 2. The normalized spacial score (nSPS) is 24.1. The number of nitrogens with zero attached hydrogens (tertiary/aromatic N) is 6. The second-order valence-corrected chi connectivity index (χ2v) is 7.54. The van der Waals surface area contributed by atoms with Crippen LogP contribution in [0.3, 0.4) is 0 Å². The van der Waals surface area contributed by atoms with Gasteiger partial charge in [0.15, 0.2) is 0 Å². The van der Waals surface area contributed by atoms with E-state index < -0.39 is 24.0 Å². The third kappa shape index (κ3) is 3.57. The number of amides is 2. The molecule has 30 heavy (non-hydrogen) atoms. The van der Waals surface area contributed by atoms with Crippen molar-refractivity contribution in [3.8, 4) is 0 Å². The number of nitrogens with one attached hydrogen (secondary N) is 1. The zero-order valence-electron chi connectivity index (χ0n) is 16.1. The van der Waals surface area contributed by atoms with Crippen molar-refractivity contribution in [3.63, 3.8) is 0 Å².